The molecule has 1 saturated heterocycles. The van der Waals surface area contributed by atoms with Crippen LogP contribution in [0.2, 0.25) is 5.02 Å². The van der Waals surface area contributed by atoms with Gasteiger partial charge in [-0.1, -0.05) is 17.7 Å². The van der Waals surface area contributed by atoms with Crippen LogP contribution in [-0.4, -0.2) is 50.1 Å². The van der Waals surface area contributed by atoms with Crippen LogP contribution in [0.5, 0.6) is 0 Å². The number of halogens is 2. The van der Waals surface area contributed by atoms with Crippen molar-refractivity contribution in [3.05, 3.63) is 62.5 Å². The number of carbonyl (C=O) groups excluding carboxylic acids is 1. The van der Waals surface area contributed by atoms with Crippen molar-refractivity contribution in [1.82, 2.24) is 14.6 Å². The van der Waals surface area contributed by atoms with Crippen LogP contribution >= 0.6 is 22.9 Å². The van der Waals surface area contributed by atoms with Crippen molar-refractivity contribution in [2.75, 3.05) is 20.2 Å². The summed E-state index contributed by atoms with van der Waals surface area (Å²) in [6.45, 7) is 0.776. The molecule has 0 spiro atoms. The predicted octanol–water partition coefficient (Wildman–Crippen LogP) is 3.30. The Kier molecular flexibility index (Phi) is 7.01. The van der Waals surface area contributed by atoms with Gasteiger partial charge in [0, 0.05) is 46.9 Å². The molecule has 32 heavy (non-hydrogen) atoms. The number of carbonyl (C=O) groups is 1. The molecule has 1 aromatic carbocycles. The highest BCUT2D eigenvalue weighted by Crippen LogP contribution is 2.40. The van der Waals surface area contributed by atoms with E-state index in [9.17, 15) is 17.9 Å². The van der Waals surface area contributed by atoms with Crippen LogP contribution in [0.3, 0.4) is 0 Å². The van der Waals surface area contributed by atoms with Crippen LogP contribution in [-0.2, 0) is 20.8 Å². The zero-order chi connectivity index (χ0) is 22.8. The van der Waals surface area contributed by atoms with Gasteiger partial charge in [0.15, 0.2) is 10.8 Å². The quantitative estimate of drug-likeness (QED) is 0.484. The van der Waals surface area contributed by atoms with Crippen molar-refractivity contribution in [1.29, 1.82) is 0 Å². The number of nitrogens with one attached hydrogen (secondary N) is 1. The lowest BCUT2D eigenvalue weighted by Gasteiger charge is -2.35. The van der Waals surface area contributed by atoms with Gasteiger partial charge in [-0.2, -0.15) is 0 Å². The van der Waals surface area contributed by atoms with Gasteiger partial charge in [0.25, 0.3) is 0 Å². The molecule has 4 rings (SSSR count). The lowest BCUT2D eigenvalue weighted by Crippen LogP contribution is -2.41. The minimum absolute atomic E-state index is 0.115. The van der Waals surface area contributed by atoms with Gasteiger partial charge >= 0.3 is 5.97 Å². The second kappa shape index (κ2) is 9.75. The molecular weight excluding hydrogens is 479 g/mol. The molecule has 12 heteroatoms. The topological polar surface area (TPSA) is 104 Å². The number of esters is 1. The van der Waals surface area contributed by atoms with Crippen molar-refractivity contribution < 1.29 is 22.7 Å². The summed E-state index contributed by atoms with van der Waals surface area (Å²) in [4.78, 5) is 22.0. The number of ether oxygens (including phenoxy) is 1. The van der Waals surface area contributed by atoms with Crippen LogP contribution in [0.1, 0.15) is 29.5 Å². The van der Waals surface area contributed by atoms with Crippen molar-refractivity contribution >= 4 is 46.0 Å². The van der Waals surface area contributed by atoms with Gasteiger partial charge in [-0.25, -0.2) is 22.7 Å². The van der Waals surface area contributed by atoms with Gasteiger partial charge in [0.1, 0.15) is 11.9 Å². The lowest BCUT2D eigenvalue weighted by molar-refractivity contribution is -0.136. The zero-order valence-corrected chi connectivity index (χ0v) is 19.3. The number of aromatic nitrogens is 1. The summed E-state index contributed by atoms with van der Waals surface area (Å²) in [6.07, 6.45) is 2.74. The van der Waals surface area contributed by atoms with Crippen molar-refractivity contribution in [2.45, 2.75) is 18.9 Å². The third kappa shape index (κ3) is 4.62. The smallest absolute Gasteiger partial charge is 0.338 e. The Bertz CT molecular complexity index is 1100. The van der Waals surface area contributed by atoms with Crippen LogP contribution < -0.4 is 5.32 Å². The van der Waals surface area contributed by atoms with Crippen LogP contribution in [0.25, 0.3) is 0 Å². The Morgan fingerprint density at radius 1 is 1.41 bits per heavy atom. The fraction of sp³-hybridized carbons (Fsp3) is 0.350. The Morgan fingerprint density at radius 3 is 2.75 bits per heavy atom. The van der Waals surface area contributed by atoms with E-state index >= 15 is 0 Å². The summed E-state index contributed by atoms with van der Waals surface area (Å²) in [7, 11) is 1.29. The number of hydrogen-bond acceptors (Lipinski definition) is 7. The third-order valence-electron chi connectivity index (χ3n) is 5.46. The number of hydrogen-bond donors (Lipinski definition) is 2. The summed E-state index contributed by atoms with van der Waals surface area (Å²) < 4.78 is 41.1. The highest BCUT2D eigenvalue weighted by molar-refractivity contribution is 7.76. The number of benzene rings is 1. The molecule has 1 aromatic heterocycles. The fourth-order valence-corrected chi connectivity index (χ4v) is 5.30. The molecule has 0 aliphatic carbocycles. The number of aliphatic imine (C=N–C) groups is 1. The Balaban J connectivity index is 1.82. The molecule has 2 atom stereocenters. The summed E-state index contributed by atoms with van der Waals surface area (Å²) >= 11 is 5.69. The number of piperidine rings is 1. The first-order valence-electron chi connectivity index (χ1n) is 9.77. The number of allylic oxidation sites excluding steroid dienone is 1. The first-order valence-corrected chi connectivity index (χ1v) is 12.1. The van der Waals surface area contributed by atoms with E-state index in [-0.39, 0.29) is 16.5 Å². The average molecular weight is 499 g/mol. The first-order chi connectivity index (χ1) is 15.4. The molecule has 0 saturated carbocycles. The first kappa shape index (κ1) is 23.0. The van der Waals surface area contributed by atoms with E-state index in [2.05, 4.69) is 10.3 Å². The van der Waals surface area contributed by atoms with Crippen LogP contribution in [0, 0.1) is 11.7 Å². The molecule has 2 unspecified atom stereocenters. The van der Waals surface area contributed by atoms with Crippen molar-refractivity contribution in [3.63, 3.8) is 0 Å². The summed E-state index contributed by atoms with van der Waals surface area (Å²) in [5, 5.41) is 5.85. The van der Waals surface area contributed by atoms with Crippen molar-refractivity contribution in [3.8, 4) is 0 Å². The second-order valence-electron chi connectivity index (χ2n) is 7.26. The van der Waals surface area contributed by atoms with Gasteiger partial charge in [0.2, 0.25) is 11.3 Å². The lowest BCUT2D eigenvalue weighted by atomic mass is 9.86. The Hall–Kier alpha value is -2.18. The molecule has 2 aromatic rings. The highest BCUT2D eigenvalue weighted by atomic mass is 35.5. The molecule has 2 N–H and O–H groups in total. The van der Waals surface area contributed by atoms with E-state index < -0.39 is 29.1 Å². The van der Waals surface area contributed by atoms with Gasteiger partial charge in [-0.05, 0) is 25.0 Å². The Morgan fingerprint density at radius 2 is 2.16 bits per heavy atom. The molecule has 0 amide bonds. The molecule has 0 bridgehead atoms. The predicted molar refractivity (Wildman–Crippen MR) is 120 cm³/mol. The van der Waals surface area contributed by atoms with E-state index in [0.29, 0.717) is 48.0 Å². The number of amidine groups is 1. The zero-order valence-electron chi connectivity index (χ0n) is 17.0. The molecule has 3 heterocycles. The minimum atomic E-state index is -2.04. The molecule has 2 aliphatic rings. The van der Waals surface area contributed by atoms with Crippen LogP contribution in [0.4, 0.5) is 4.39 Å². The SMILES string of the molecule is COC(=O)C1=C(C2CCN(S(=O)O)CC2)NC(c2nccs2)=NC1c1ccc(F)cc1Cl. The second-order valence-corrected chi connectivity index (χ2v) is 9.54. The molecule has 0 radical (unpaired) electrons. The minimum Gasteiger partial charge on any atom is -0.466 e. The van der Waals surface area contributed by atoms with Gasteiger partial charge in [0.05, 0.1) is 12.7 Å². The number of thiazole rings is 1. The van der Waals surface area contributed by atoms with E-state index in [1.165, 1.54) is 41.0 Å². The normalized spacial score (nSPS) is 21.1. The summed E-state index contributed by atoms with van der Waals surface area (Å²) in [5.74, 6) is -0.713. The molecule has 2 aliphatic heterocycles. The number of methoxy groups -OCH3 is 1. The van der Waals surface area contributed by atoms with Crippen molar-refractivity contribution in [2.24, 2.45) is 10.9 Å². The third-order valence-corrected chi connectivity index (χ3v) is 7.37. The number of nitrogens with zero attached hydrogens (tertiary/aromatic N) is 3. The highest BCUT2D eigenvalue weighted by Gasteiger charge is 2.37. The van der Waals surface area contributed by atoms with E-state index in [1.807, 2.05) is 5.38 Å². The largest absolute Gasteiger partial charge is 0.466 e. The van der Waals surface area contributed by atoms with E-state index in [0.717, 1.165) is 0 Å². The standard InChI is InChI=1S/C20H20ClFN4O4S2/c1-30-20(27)15-16(11-4-7-26(8-5-11)32(28)29)24-18(19-23-6-9-31-19)25-17(15)13-3-2-12(22)10-14(13)21/h2-3,6,9-11,17H,4-5,7-8H2,1H3,(H,24,25)(H,28,29). The Labute approximate surface area is 195 Å². The molecule has 1 fully saturated rings. The molecular formula is C20H20ClFN4O4S2. The average Bonchev–Trinajstić information content (AvgIpc) is 3.33. The van der Waals surface area contributed by atoms with E-state index in [1.54, 1.807) is 6.20 Å². The maximum Gasteiger partial charge on any atom is 0.338 e. The van der Waals surface area contributed by atoms with Gasteiger partial charge < -0.3 is 10.1 Å². The number of rotatable bonds is 5. The van der Waals surface area contributed by atoms with Crippen LogP contribution in [0.15, 0.2) is 46.0 Å². The maximum absolute atomic E-state index is 13.7. The maximum atomic E-state index is 13.7. The molecule has 170 valence electrons. The van der Waals surface area contributed by atoms with E-state index in [4.69, 9.17) is 21.3 Å². The van der Waals surface area contributed by atoms with Gasteiger partial charge in [-0.3, -0.25) is 9.55 Å². The monoisotopic (exact) mass is 498 g/mol. The fourth-order valence-electron chi connectivity index (χ4n) is 3.92. The van der Waals surface area contributed by atoms with Gasteiger partial charge in [-0.15, -0.1) is 11.3 Å². The molecule has 8 nitrogen and oxygen atoms in total. The summed E-state index contributed by atoms with van der Waals surface area (Å²) in [5.41, 5.74) is 1.37. The summed E-state index contributed by atoms with van der Waals surface area (Å²) in [6, 6.07) is 3.14.